The fourth-order valence-electron chi connectivity index (χ4n) is 5.25. The molecule has 1 heterocycles. The number of aryl methyl sites for hydroxylation is 4. The molecule has 3 aromatic rings. The van der Waals surface area contributed by atoms with Gasteiger partial charge in [-0.3, -0.25) is 4.79 Å². The monoisotopic (exact) mass is 497 g/mol. The minimum atomic E-state index is -4.24. The molecular weight excluding hydrogens is 466 g/mol. The van der Waals surface area contributed by atoms with Gasteiger partial charge < -0.3 is 9.15 Å². The van der Waals surface area contributed by atoms with Gasteiger partial charge in [0.15, 0.2) is 0 Å². The number of anilines is 1. The van der Waals surface area contributed by atoms with Crippen LogP contribution in [0, 0.1) is 33.6 Å². The predicted octanol–water partition coefficient (Wildman–Crippen LogP) is 5.76. The van der Waals surface area contributed by atoms with Crippen LogP contribution >= 0.6 is 0 Å². The van der Waals surface area contributed by atoms with Crippen molar-refractivity contribution < 1.29 is 27.2 Å². The normalized spacial score (nSPS) is 14.8. The molecule has 8 heteroatoms. The van der Waals surface area contributed by atoms with Crippen LogP contribution < -0.4 is 4.31 Å². The number of ether oxygens (including phenoxy) is 1. The first-order chi connectivity index (χ1) is 16.6. The van der Waals surface area contributed by atoms with E-state index in [-0.39, 0.29) is 22.1 Å². The van der Waals surface area contributed by atoms with Crippen LogP contribution in [0.25, 0.3) is 11.0 Å². The Bertz CT molecular complexity index is 1390. The lowest BCUT2D eigenvalue weighted by atomic mass is 9.88. The van der Waals surface area contributed by atoms with Crippen LogP contribution in [0.1, 0.15) is 64.9 Å². The second-order valence-corrected chi connectivity index (χ2v) is 11.1. The van der Waals surface area contributed by atoms with E-state index < -0.39 is 21.9 Å². The van der Waals surface area contributed by atoms with E-state index in [1.54, 1.807) is 45.0 Å². The maximum absolute atomic E-state index is 14.2. The van der Waals surface area contributed by atoms with Crippen molar-refractivity contribution in [3.05, 3.63) is 58.3 Å². The van der Waals surface area contributed by atoms with Gasteiger partial charge in [0, 0.05) is 11.3 Å². The van der Waals surface area contributed by atoms with Crippen molar-refractivity contribution in [2.45, 2.75) is 64.7 Å². The van der Waals surface area contributed by atoms with Gasteiger partial charge in [-0.2, -0.15) is 0 Å². The molecule has 1 fully saturated rings. The summed E-state index contributed by atoms with van der Waals surface area (Å²) in [6, 6.07) is 8.30. The summed E-state index contributed by atoms with van der Waals surface area (Å²) in [4.78, 5) is 26.4. The van der Waals surface area contributed by atoms with Gasteiger partial charge in [-0.05, 0) is 69.9 Å². The average Bonchev–Trinajstić information content (AvgIpc) is 3.13. The molecule has 0 aliphatic heterocycles. The molecule has 1 saturated carbocycles. The Balaban J connectivity index is 1.95. The highest BCUT2D eigenvalue weighted by Gasteiger charge is 2.38. The topological polar surface area (TPSA) is 93.9 Å². The molecule has 7 nitrogen and oxygen atoms in total. The first kappa shape index (κ1) is 25.0. The summed E-state index contributed by atoms with van der Waals surface area (Å²) in [6.07, 6.45) is 4.11. The minimum Gasteiger partial charge on any atom is -0.465 e. The molecule has 1 aliphatic carbocycles. The molecule has 2 aromatic carbocycles. The standard InChI is InChI=1S/C27H31NO6S/c1-16-13-17(2)25(18(3)14-16)35(31,32)28(26(29)20-9-7-6-8-10-20)21-11-12-23-22(15-21)24(19(4)34-23)27(30)33-5/h11-15,20H,6-10H2,1-5H3. The molecule has 0 radical (unpaired) electrons. The highest BCUT2D eigenvalue weighted by Crippen LogP contribution is 2.36. The second kappa shape index (κ2) is 9.49. The second-order valence-electron chi connectivity index (χ2n) is 9.38. The number of hydrogen-bond acceptors (Lipinski definition) is 6. The van der Waals surface area contributed by atoms with E-state index in [1.165, 1.54) is 13.2 Å². The third kappa shape index (κ3) is 4.47. The number of sulfonamides is 1. The van der Waals surface area contributed by atoms with E-state index in [1.807, 2.05) is 6.92 Å². The fraction of sp³-hybridized carbons (Fsp3) is 0.407. The number of benzene rings is 2. The van der Waals surface area contributed by atoms with E-state index in [0.717, 1.165) is 29.1 Å². The van der Waals surface area contributed by atoms with Crippen LogP contribution in [-0.4, -0.2) is 27.4 Å². The maximum Gasteiger partial charge on any atom is 0.342 e. The third-order valence-corrected chi connectivity index (χ3v) is 8.76. The van der Waals surface area contributed by atoms with Crippen molar-refractivity contribution in [1.82, 2.24) is 0 Å². The first-order valence-corrected chi connectivity index (χ1v) is 13.3. The van der Waals surface area contributed by atoms with Crippen LogP contribution in [0.3, 0.4) is 0 Å². The Morgan fingerprint density at radius 1 is 0.971 bits per heavy atom. The van der Waals surface area contributed by atoms with Crippen molar-refractivity contribution >= 4 is 38.6 Å². The van der Waals surface area contributed by atoms with Crippen molar-refractivity contribution in [1.29, 1.82) is 0 Å². The molecule has 4 rings (SSSR count). The van der Waals surface area contributed by atoms with E-state index >= 15 is 0 Å². The number of amides is 1. The number of nitrogens with zero attached hydrogens (tertiary/aromatic N) is 1. The molecule has 186 valence electrons. The molecule has 0 N–H and O–H groups in total. The van der Waals surface area contributed by atoms with E-state index in [0.29, 0.717) is 40.7 Å². The highest BCUT2D eigenvalue weighted by molar-refractivity contribution is 7.93. The van der Waals surface area contributed by atoms with Crippen molar-refractivity contribution in [3.8, 4) is 0 Å². The molecular formula is C27H31NO6S. The number of carbonyl (C=O) groups is 2. The lowest BCUT2D eigenvalue weighted by Crippen LogP contribution is -2.42. The molecule has 0 bridgehead atoms. The maximum atomic E-state index is 14.2. The summed E-state index contributed by atoms with van der Waals surface area (Å²) in [5.41, 5.74) is 2.92. The first-order valence-electron chi connectivity index (χ1n) is 11.8. The number of rotatable bonds is 5. The predicted molar refractivity (Wildman–Crippen MR) is 134 cm³/mol. The molecule has 0 saturated heterocycles. The summed E-state index contributed by atoms with van der Waals surface area (Å²) in [5, 5.41) is 0.404. The summed E-state index contributed by atoms with van der Waals surface area (Å²) < 4.78 is 39.9. The molecule has 1 amide bonds. The Morgan fingerprint density at radius 2 is 1.60 bits per heavy atom. The summed E-state index contributed by atoms with van der Waals surface area (Å²) in [7, 11) is -2.97. The molecule has 0 atom stereocenters. The van der Waals surface area contributed by atoms with Gasteiger partial charge in [0.25, 0.3) is 10.0 Å². The largest absolute Gasteiger partial charge is 0.465 e. The number of furan rings is 1. The number of carbonyl (C=O) groups excluding carboxylic acids is 2. The van der Waals surface area contributed by atoms with E-state index in [9.17, 15) is 18.0 Å². The van der Waals surface area contributed by atoms with Gasteiger partial charge in [0.05, 0.1) is 17.7 Å². The SMILES string of the molecule is COC(=O)c1c(C)oc2ccc(N(C(=O)C3CCCCC3)S(=O)(=O)c3c(C)cc(C)cc3C)cc12. The van der Waals surface area contributed by atoms with Crippen LogP contribution in [0.5, 0.6) is 0 Å². The van der Waals surface area contributed by atoms with Gasteiger partial charge in [0.1, 0.15) is 16.9 Å². The van der Waals surface area contributed by atoms with Gasteiger partial charge in [-0.15, -0.1) is 0 Å². The van der Waals surface area contributed by atoms with Crippen molar-refractivity contribution in [2.75, 3.05) is 11.4 Å². The van der Waals surface area contributed by atoms with Crippen molar-refractivity contribution in [3.63, 3.8) is 0 Å². The molecule has 0 unspecified atom stereocenters. The van der Waals surface area contributed by atoms with Crippen LogP contribution in [0.4, 0.5) is 5.69 Å². The zero-order valence-corrected chi connectivity index (χ0v) is 21.6. The Kier molecular flexibility index (Phi) is 6.77. The van der Waals surface area contributed by atoms with Crippen LogP contribution in [0.2, 0.25) is 0 Å². The summed E-state index contributed by atoms with van der Waals surface area (Å²) >= 11 is 0. The van der Waals surface area contributed by atoms with Gasteiger partial charge >= 0.3 is 5.97 Å². The highest BCUT2D eigenvalue weighted by atomic mass is 32.2. The smallest absolute Gasteiger partial charge is 0.342 e. The lowest BCUT2D eigenvalue weighted by Gasteiger charge is -2.30. The van der Waals surface area contributed by atoms with Crippen LogP contribution in [-0.2, 0) is 19.6 Å². The molecule has 0 spiro atoms. The van der Waals surface area contributed by atoms with Crippen molar-refractivity contribution in [2.24, 2.45) is 5.92 Å². The van der Waals surface area contributed by atoms with Gasteiger partial charge in [-0.25, -0.2) is 17.5 Å². The Hall–Kier alpha value is -3.13. The fourth-order valence-corrected chi connectivity index (χ4v) is 7.15. The lowest BCUT2D eigenvalue weighted by molar-refractivity contribution is -0.122. The Labute approximate surface area is 206 Å². The molecule has 35 heavy (non-hydrogen) atoms. The van der Waals surface area contributed by atoms with Gasteiger partial charge in [-0.1, -0.05) is 37.0 Å². The molecule has 1 aromatic heterocycles. The van der Waals surface area contributed by atoms with Crippen LogP contribution in [0.15, 0.2) is 39.6 Å². The number of methoxy groups -OCH3 is 1. The quantitative estimate of drug-likeness (QED) is 0.416. The number of hydrogen-bond donors (Lipinski definition) is 0. The zero-order chi connectivity index (χ0) is 25.5. The molecule has 1 aliphatic rings. The number of esters is 1. The van der Waals surface area contributed by atoms with E-state index in [4.69, 9.17) is 9.15 Å². The third-order valence-electron chi connectivity index (χ3n) is 6.73. The number of fused-ring (bicyclic) bond motifs is 1. The Morgan fingerprint density at radius 3 is 2.20 bits per heavy atom. The van der Waals surface area contributed by atoms with E-state index in [2.05, 4.69) is 0 Å². The van der Waals surface area contributed by atoms with Gasteiger partial charge in [0.2, 0.25) is 5.91 Å². The zero-order valence-electron chi connectivity index (χ0n) is 20.8. The minimum absolute atomic E-state index is 0.129. The summed E-state index contributed by atoms with van der Waals surface area (Å²) in [6.45, 7) is 7.04. The summed E-state index contributed by atoms with van der Waals surface area (Å²) in [5.74, 6) is -1.05. The average molecular weight is 498 g/mol.